The van der Waals surface area contributed by atoms with Crippen molar-refractivity contribution in [3.63, 3.8) is 0 Å². The highest BCUT2D eigenvalue weighted by atomic mass is 32.2. The van der Waals surface area contributed by atoms with Gasteiger partial charge >= 0.3 is 6.09 Å². The second kappa shape index (κ2) is 6.67. The van der Waals surface area contributed by atoms with E-state index in [4.69, 9.17) is 10.5 Å². The minimum atomic E-state index is -3.74. The number of carbonyl (C=O) groups is 1. The Kier molecular flexibility index (Phi) is 5.13. The van der Waals surface area contributed by atoms with E-state index in [2.05, 4.69) is 0 Å². The number of carbonyl (C=O) groups excluding carboxylic acids is 1. The summed E-state index contributed by atoms with van der Waals surface area (Å²) in [6.45, 7) is 5.68. The molecule has 0 saturated heterocycles. The van der Waals surface area contributed by atoms with Gasteiger partial charge in [-0.3, -0.25) is 4.90 Å². The Morgan fingerprint density at radius 3 is 2.52 bits per heavy atom. The van der Waals surface area contributed by atoms with Crippen molar-refractivity contribution in [2.45, 2.75) is 44.1 Å². The van der Waals surface area contributed by atoms with Crippen LogP contribution in [-0.4, -0.2) is 37.8 Å². The quantitative estimate of drug-likeness (QED) is 0.808. The zero-order valence-electron chi connectivity index (χ0n) is 14.8. The van der Waals surface area contributed by atoms with Crippen molar-refractivity contribution in [2.24, 2.45) is 0 Å². The van der Waals surface area contributed by atoms with Gasteiger partial charge in [-0.25, -0.2) is 17.6 Å². The minimum Gasteiger partial charge on any atom is -0.443 e. The summed E-state index contributed by atoms with van der Waals surface area (Å²) in [6, 6.07) is 2.14. The molecule has 0 aromatic heterocycles. The van der Waals surface area contributed by atoms with Crippen molar-refractivity contribution >= 4 is 27.3 Å². The highest BCUT2D eigenvalue weighted by molar-refractivity contribution is 7.90. The summed E-state index contributed by atoms with van der Waals surface area (Å²) >= 11 is 0. The number of nitrogens with two attached hydrogens (primary N) is 1. The fourth-order valence-electron chi connectivity index (χ4n) is 2.56. The fraction of sp³-hybridized carbons (Fsp3) is 0.471. The Morgan fingerprint density at radius 1 is 1.32 bits per heavy atom. The van der Waals surface area contributed by atoms with Gasteiger partial charge in [-0.2, -0.15) is 0 Å². The number of sulfone groups is 1. The number of benzene rings is 1. The summed E-state index contributed by atoms with van der Waals surface area (Å²) in [5.74, 6) is -0.901. The van der Waals surface area contributed by atoms with Gasteiger partial charge in [0.1, 0.15) is 16.3 Å². The summed E-state index contributed by atoms with van der Waals surface area (Å²) in [5, 5.41) is 0. The van der Waals surface area contributed by atoms with Crippen LogP contribution in [-0.2, 0) is 14.6 Å². The first-order chi connectivity index (χ1) is 11.4. The van der Waals surface area contributed by atoms with Crippen LogP contribution in [0.1, 0.15) is 39.2 Å². The number of halogens is 1. The van der Waals surface area contributed by atoms with Crippen molar-refractivity contribution in [3.8, 4) is 0 Å². The molecular weight excluding hydrogens is 347 g/mol. The van der Waals surface area contributed by atoms with Crippen molar-refractivity contribution in [1.29, 1.82) is 0 Å². The Balaban J connectivity index is 2.46. The fourth-order valence-corrected chi connectivity index (χ4v) is 3.31. The van der Waals surface area contributed by atoms with Crippen molar-refractivity contribution < 1.29 is 22.3 Å². The largest absolute Gasteiger partial charge is 0.443 e. The highest BCUT2D eigenvalue weighted by Crippen LogP contribution is 2.33. The summed E-state index contributed by atoms with van der Waals surface area (Å²) < 4.78 is 42.9. The molecule has 1 heterocycles. The molecule has 1 amide bonds. The van der Waals surface area contributed by atoms with Gasteiger partial charge in [-0.1, -0.05) is 6.08 Å². The molecule has 0 radical (unpaired) electrons. The van der Waals surface area contributed by atoms with Crippen molar-refractivity contribution in [2.75, 3.05) is 18.5 Å². The number of anilines is 1. The molecule has 1 aliphatic rings. The van der Waals surface area contributed by atoms with E-state index in [1.165, 1.54) is 4.90 Å². The molecule has 1 aromatic carbocycles. The zero-order chi connectivity index (χ0) is 19.0. The summed E-state index contributed by atoms with van der Waals surface area (Å²) in [7, 11) is -3.74. The molecule has 1 aromatic rings. The van der Waals surface area contributed by atoms with Crippen molar-refractivity contribution in [3.05, 3.63) is 29.6 Å². The standard InChI is InChI=1S/C17H23FN2O4S/c1-17(2,3)24-16(21)20-8-6-5-7-14(20)11-9-12(18)15(10-13(11)19)25(4,22)23/h7,9-10H,5-6,8,19H2,1-4H3. The van der Waals surface area contributed by atoms with Crippen LogP contribution in [0, 0.1) is 5.82 Å². The number of nitrogen functional groups attached to an aromatic ring is 1. The van der Waals surface area contributed by atoms with Crippen LogP contribution >= 0.6 is 0 Å². The van der Waals surface area contributed by atoms with Gasteiger partial charge in [-0.15, -0.1) is 0 Å². The molecule has 2 N–H and O–H groups in total. The van der Waals surface area contributed by atoms with E-state index in [0.717, 1.165) is 24.8 Å². The van der Waals surface area contributed by atoms with Crippen LogP contribution in [0.3, 0.4) is 0 Å². The second-order valence-electron chi connectivity index (χ2n) is 7.01. The predicted octanol–water partition coefficient (Wildman–Crippen LogP) is 3.18. The average Bonchev–Trinajstić information content (AvgIpc) is 2.46. The highest BCUT2D eigenvalue weighted by Gasteiger charge is 2.29. The maximum absolute atomic E-state index is 14.3. The van der Waals surface area contributed by atoms with Gasteiger partial charge in [0.25, 0.3) is 0 Å². The van der Waals surface area contributed by atoms with E-state index in [-0.39, 0.29) is 11.3 Å². The lowest BCUT2D eigenvalue weighted by atomic mass is 10.0. The van der Waals surface area contributed by atoms with E-state index < -0.39 is 32.2 Å². The first-order valence-electron chi connectivity index (χ1n) is 7.90. The Morgan fingerprint density at radius 2 is 1.96 bits per heavy atom. The number of rotatable bonds is 2. The monoisotopic (exact) mass is 370 g/mol. The maximum Gasteiger partial charge on any atom is 0.414 e. The number of hydrogen-bond acceptors (Lipinski definition) is 5. The molecule has 2 rings (SSSR count). The molecule has 0 saturated carbocycles. The molecule has 25 heavy (non-hydrogen) atoms. The number of amides is 1. The third kappa shape index (κ3) is 4.50. The molecule has 8 heteroatoms. The Labute approximate surface area is 147 Å². The van der Waals surface area contributed by atoms with Gasteiger partial charge in [0.05, 0.1) is 5.70 Å². The van der Waals surface area contributed by atoms with Crippen LogP contribution in [0.4, 0.5) is 14.9 Å². The molecular formula is C17H23FN2O4S. The molecule has 0 spiro atoms. The topological polar surface area (TPSA) is 89.7 Å². The number of nitrogens with zero attached hydrogens (tertiary/aromatic N) is 1. The van der Waals surface area contributed by atoms with Crippen molar-refractivity contribution in [1.82, 2.24) is 4.90 Å². The second-order valence-corrected chi connectivity index (χ2v) is 8.99. The molecule has 6 nitrogen and oxygen atoms in total. The molecule has 0 aliphatic carbocycles. The molecule has 0 unspecified atom stereocenters. The predicted molar refractivity (Wildman–Crippen MR) is 94.1 cm³/mol. The van der Waals surface area contributed by atoms with E-state index >= 15 is 0 Å². The number of ether oxygens (including phenoxy) is 1. The first kappa shape index (κ1) is 19.2. The van der Waals surface area contributed by atoms with Gasteiger partial charge in [-0.05, 0) is 45.7 Å². The summed E-state index contributed by atoms with van der Waals surface area (Å²) in [5.41, 5.74) is 6.07. The lowest BCUT2D eigenvalue weighted by Gasteiger charge is -2.32. The molecule has 0 bridgehead atoms. The number of hydrogen-bond donors (Lipinski definition) is 1. The lowest BCUT2D eigenvalue weighted by Crippen LogP contribution is -2.37. The van der Waals surface area contributed by atoms with E-state index in [1.807, 2.05) is 0 Å². The Hall–Kier alpha value is -2.09. The average molecular weight is 370 g/mol. The van der Waals surface area contributed by atoms with Gasteiger partial charge < -0.3 is 10.5 Å². The van der Waals surface area contributed by atoms with Crippen LogP contribution in [0.5, 0.6) is 0 Å². The Bertz CT molecular complexity index is 826. The third-order valence-electron chi connectivity index (χ3n) is 3.61. The smallest absolute Gasteiger partial charge is 0.414 e. The van der Waals surface area contributed by atoms with Gasteiger partial charge in [0, 0.05) is 24.1 Å². The minimum absolute atomic E-state index is 0.0866. The maximum atomic E-state index is 14.3. The normalized spacial score (nSPS) is 15.7. The first-order valence-corrected chi connectivity index (χ1v) is 9.79. The zero-order valence-corrected chi connectivity index (χ0v) is 15.6. The van der Waals surface area contributed by atoms with E-state index in [9.17, 15) is 17.6 Å². The van der Waals surface area contributed by atoms with E-state index in [1.54, 1.807) is 26.8 Å². The molecule has 1 aliphatic heterocycles. The molecule has 0 fully saturated rings. The van der Waals surface area contributed by atoms with E-state index in [0.29, 0.717) is 18.7 Å². The lowest BCUT2D eigenvalue weighted by molar-refractivity contribution is 0.0347. The summed E-state index contributed by atoms with van der Waals surface area (Å²) in [6.07, 6.45) is 3.58. The SMILES string of the molecule is CC(C)(C)OC(=O)N1CCCC=C1c1cc(F)c(S(C)(=O)=O)cc1N. The van der Waals surface area contributed by atoms with Crippen LogP contribution in [0.15, 0.2) is 23.1 Å². The summed E-state index contributed by atoms with van der Waals surface area (Å²) in [4.78, 5) is 13.4. The van der Waals surface area contributed by atoms with Gasteiger partial charge in [0.2, 0.25) is 0 Å². The number of allylic oxidation sites excluding steroid dienone is 1. The molecule has 138 valence electrons. The van der Waals surface area contributed by atoms with Gasteiger partial charge in [0.15, 0.2) is 9.84 Å². The van der Waals surface area contributed by atoms with Crippen LogP contribution in [0.25, 0.3) is 5.70 Å². The van der Waals surface area contributed by atoms with Crippen LogP contribution in [0.2, 0.25) is 0 Å². The third-order valence-corrected chi connectivity index (χ3v) is 4.72. The van der Waals surface area contributed by atoms with Crippen LogP contribution < -0.4 is 5.73 Å². The molecule has 0 atom stereocenters.